The van der Waals surface area contributed by atoms with Crippen LogP contribution >= 0.6 is 12.4 Å². The molecule has 0 aliphatic carbocycles. The molecule has 0 bridgehead atoms. The van der Waals surface area contributed by atoms with Gasteiger partial charge in [0.05, 0.1) is 6.17 Å². The SMILES string of the molecule is C=C(C)C(=O)NC(CC)NC(CC)CC.Cl. The van der Waals surface area contributed by atoms with Gasteiger partial charge in [0, 0.05) is 11.6 Å². The number of carbonyl (C=O) groups is 1. The van der Waals surface area contributed by atoms with Gasteiger partial charge in [-0.25, -0.2) is 0 Å². The van der Waals surface area contributed by atoms with Crippen LogP contribution in [0, 0.1) is 0 Å². The molecule has 1 atom stereocenters. The lowest BCUT2D eigenvalue weighted by Crippen LogP contribution is -2.49. The molecule has 0 aromatic carbocycles. The maximum Gasteiger partial charge on any atom is 0.247 e. The van der Waals surface area contributed by atoms with Crippen molar-refractivity contribution in [3.63, 3.8) is 0 Å². The first kappa shape index (κ1) is 17.8. The van der Waals surface area contributed by atoms with Crippen LogP contribution in [0.5, 0.6) is 0 Å². The normalized spacial score (nSPS) is 11.8. The Kier molecular flexibility index (Phi) is 10.8. The summed E-state index contributed by atoms with van der Waals surface area (Å²) in [6.45, 7) is 11.7. The number of rotatable bonds is 7. The van der Waals surface area contributed by atoms with Crippen molar-refractivity contribution in [2.45, 2.75) is 59.2 Å². The quantitative estimate of drug-likeness (QED) is 0.537. The zero-order valence-corrected chi connectivity index (χ0v) is 11.6. The summed E-state index contributed by atoms with van der Waals surface area (Å²) in [7, 11) is 0. The third kappa shape index (κ3) is 6.85. The van der Waals surface area contributed by atoms with Crippen LogP contribution in [0.4, 0.5) is 0 Å². The molecule has 4 heteroatoms. The van der Waals surface area contributed by atoms with Crippen LogP contribution in [-0.2, 0) is 4.79 Å². The summed E-state index contributed by atoms with van der Waals surface area (Å²) in [6.07, 6.45) is 3.10. The lowest BCUT2D eigenvalue weighted by molar-refractivity contribution is -0.118. The predicted molar refractivity (Wildman–Crippen MR) is 71.8 cm³/mol. The Hall–Kier alpha value is -0.540. The van der Waals surface area contributed by atoms with Gasteiger partial charge in [-0.1, -0.05) is 27.4 Å². The lowest BCUT2D eigenvalue weighted by atomic mass is 10.1. The highest BCUT2D eigenvalue weighted by Gasteiger charge is 2.13. The van der Waals surface area contributed by atoms with E-state index < -0.39 is 0 Å². The standard InChI is InChI=1S/C12H24N2O.ClH/c1-6-10(7-2)13-11(8-3)14-12(15)9(4)5;/h10-11,13H,4,6-8H2,1-3,5H3,(H,14,15);1H. The fraction of sp³-hybridized carbons (Fsp3) is 0.750. The van der Waals surface area contributed by atoms with E-state index in [1.165, 1.54) is 0 Å². The molecule has 0 aromatic rings. The third-order valence-corrected chi connectivity index (χ3v) is 2.52. The van der Waals surface area contributed by atoms with Gasteiger partial charge in [-0.15, -0.1) is 12.4 Å². The van der Waals surface area contributed by atoms with Gasteiger partial charge in [0.15, 0.2) is 0 Å². The molecular formula is C12H25ClN2O. The minimum Gasteiger partial charge on any atom is -0.337 e. The second-order valence-electron chi connectivity index (χ2n) is 3.89. The van der Waals surface area contributed by atoms with Gasteiger partial charge < -0.3 is 5.32 Å². The van der Waals surface area contributed by atoms with Crippen LogP contribution in [0.1, 0.15) is 47.0 Å². The summed E-state index contributed by atoms with van der Waals surface area (Å²) in [6, 6.07) is 0.473. The van der Waals surface area contributed by atoms with E-state index in [1.807, 2.05) is 0 Å². The Morgan fingerprint density at radius 2 is 1.69 bits per heavy atom. The second-order valence-corrected chi connectivity index (χ2v) is 3.89. The smallest absolute Gasteiger partial charge is 0.247 e. The van der Waals surface area contributed by atoms with Crippen molar-refractivity contribution in [3.8, 4) is 0 Å². The van der Waals surface area contributed by atoms with E-state index in [4.69, 9.17) is 0 Å². The first-order valence-corrected chi connectivity index (χ1v) is 5.77. The molecule has 0 aromatic heterocycles. The molecular weight excluding hydrogens is 224 g/mol. The van der Waals surface area contributed by atoms with Crippen LogP contribution in [0.3, 0.4) is 0 Å². The molecule has 0 radical (unpaired) electrons. The molecule has 0 fully saturated rings. The summed E-state index contributed by atoms with van der Waals surface area (Å²) >= 11 is 0. The van der Waals surface area contributed by atoms with Crippen molar-refractivity contribution >= 4 is 18.3 Å². The minimum absolute atomic E-state index is 0. The summed E-state index contributed by atoms with van der Waals surface area (Å²) in [5.41, 5.74) is 0.555. The van der Waals surface area contributed by atoms with Crippen molar-refractivity contribution in [2.24, 2.45) is 0 Å². The van der Waals surface area contributed by atoms with Crippen molar-refractivity contribution in [2.75, 3.05) is 0 Å². The predicted octanol–water partition coefficient (Wildman–Crippen LogP) is 2.61. The van der Waals surface area contributed by atoms with Crippen LogP contribution in [0.2, 0.25) is 0 Å². The van der Waals surface area contributed by atoms with E-state index in [9.17, 15) is 4.79 Å². The van der Waals surface area contributed by atoms with E-state index in [1.54, 1.807) is 6.92 Å². The molecule has 3 nitrogen and oxygen atoms in total. The monoisotopic (exact) mass is 248 g/mol. The van der Waals surface area contributed by atoms with E-state index in [0.29, 0.717) is 11.6 Å². The van der Waals surface area contributed by atoms with Gasteiger partial charge in [-0.2, -0.15) is 0 Å². The van der Waals surface area contributed by atoms with E-state index >= 15 is 0 Å². The molecule has 1 amide bonds. The molecule has 96 valence electrons. The molecule has 0 aliphatic heterocycles. The maximum atomic E-state index is 11.4. The first-order valence-electron chi connectivity index (χ1n) is 5.77. The Bertz CT molecular complexity index is 215. The zero-order chi connectivity index (χ0) is 11.8. The summed E-state index contributed by atoms with van der Waals surface area (Å²) in [5, 5.41) is 6.33. The van der Waals surface area contributed by atoms with Crippen LogP contribution in [0.25, 0.3) is 0 Å². The molecule has 0 saturated heterocycles. The minimum atomic E-state index is -0.0692. The Labute approximate surface area is 105 Å². The van der Waals surface area contributed by atoms with Gasteiger partial charge in [0.25, 0.3) is 0 Å². The molecule has 2 N–H and O–H groups in total. The van der Waals surface area contributed by atoms with Gasteiger partial charge in [0.1, 0.15) is 0 Å². The number of nitrogens with one attached hydrogen (secondary N) is 2. The van der Waals surface area contributed by atoms with Crippen molar-refractivity contribution in [1.29, 1.82) is 0 Å². The topological polar surface area (TPSA) is 41.1 Å². The molecule has 16 heavy (non-hydrogen) atoms. The van der Waals surface area contributed by atoms with Gasteiger partial charge in [-0.05, 0) is 26.2 Å². The van der Waals surface area contributed by atoms with E-state index in [0.717, 1.165) is 19.3 Å². The average molecular weight is 249 g/mol. The molecule has 0 spiro atoms. The summed E-state index contributed by atoms with van der Waals surface area (Å²) in [4.78, 5) is 11.4. The number of hydrogen-bond acceptors (Lipinski definition) is 2. The van der Waals surface area contributed by atoms with Gasteiger partial charge in [-0.3, -0.25) is 10.1 Å². The zero-order valence-electron chi connectivity index (χ0n) is 10.8. The van der Waals surface area contributed by atoms with Gasteiger partial charge >= 0.3 is 0 Å². The van der Waals surface area contributed by atoms with Crippen molar-refractivity contribution in [3.05, 3.63) is 12.2 Å². The maximum absolute atomic E-state index is 11.4. The molecule has 0 saturated carbocycles. The number of halogens is 1. The third-order valence-electron chi connectivity index (χ3n) is 2.52. The molecule has 0 aliphatic rings. The highest BCUT2D eigenvalue weighted by atomic mass is 35.5. The Morgan fingerprint density at radius 1 is 1.19 bits per heavy atom. The Morgan fingerprint density at radius 3 is 2.00 bits per heavy atom. The lowest BCUT2D eigenvalue weighted by Gasteiger charge is -2.24. The average Bonchev–Trinajstić information content (AvgIpc) is 2.23. The first-order chi connectivity index (χ1) is 7.04. The second kappa shape index (κ2) is 9.67. The van der Waals surface area contributed by atoms with Crippen LogP contribution in [0.15, 0.2) is 12.2 Å². The van der Waals surface area contributed by atoms with Crippen LogP contribution in [-0.4, -0.2) is 18.1 Å². The number of carbonyl (C=O) groups excluding carboxylic acids is 1. The molecule has 0 rings (SSSR count). The van der Waals surface area contributed by atoms with Gasteiger partial charge in [0.2, 0.25) is 5.91 Å². The van der Waals surface area contributed by atoms with E-state index in [2.05, 4.69) is 38.0 Å². The number of hydrogen-bond donors (Lipinski definition) is 2. The number of amides is 1. The summed E-state index contributed by atoms with van der Waals surface area (Å²) < 4.78 is 0. The van der Waals surface area contributed by atoms with E-state index in [-0.39, 0.29) is 24.5 Å². The fourth-order valence-electron chi connectivity index (χ4n) is 1.35. The van der Waals surface area contributed by atoms with Crippen molar-refractivity contribution in [1.82, 2.24) is 10.6 Å². The van der Waals surface area contributed by atoms with Crippen molar-refractivity contribution < 1.29 is 4.79 Å². The highest BCUT2D eigenvalue weighted by Crippen LogP contribution is 2.00. The largest absolute Gasteiger partial charge is 0.337 e. The summed E-state index contributed by atoms with van der Waals surface area (Å²) in [5.74, 6) is -0.0692. The fourth-order valence-corrected chi connectivity index (χ4v) is 1.35. The Balaban J connectivity index is 0. The molecule has 0 heterocycles. The van der Waals surface area contributed by atoms with Crippen LogP contribution < -0.4 is 10.6 Å². The molecule has 1 unspecified atom stereocenters. The highest BCUT2D eigenvalue weighted by molar-refractivity contribution is 5.92.